The Hall–Kier alpha value is -4.37. The fourth-order valence-corrected chi connectivity index (χ4v) is 5.26. The minimum absolute atomic E-state index is 0.0404. The lowest BCUT2D eigenvalue weighted by atomic mass is 10.0. The number of aromatic nitrogens is 5. The van der Waals surface area contributed by atoms with Gasteiger partial charge in [0.2, 0.25) is 0 Å². The molecular weight excluding hydrogens is 506 g/mol. The molecule has 0 saturated carbocycles. The van der Waals surface area contributed by atoms with Gasteiger partial charge in [0.1, 0.15) is 11.3 Å². The van der Waals surface area contributed by atoms with Crippen molar-refractivity contribution in [1.29, 1.82) is 0 Å². The van der Waals surface area contributed by atoms with E-state index in [0.29, 0.717) is 35.4 Å². The molecule has 9 heteroatoms. The minimum Gasteiger partial charge on any atom is -0.455 e. The molecule has 0 amide bonds. The average molecular weight is 540 g/mol. The first-order valence-corrected chi connectivity index (χ1v) is 13.5. The lowest BCUT2D eigenvalue weighted by Gasteiger charge is -2.29. The number of H-pyrrole nitrogens is 1. The first kappa shape index (κ1) is 25.9. The van der Waals surface area contributed by atoms with E-state index in [1.807, 2.05) is 55.9 Å². The zero-order valence-electron chi connectivity index (χ0n) is 23.6. The second kappa shape index (κ2) is 9.67. The number of benzene rings is 1. The fraction of sp³-hybridized carbons (Fsp3) is 0.323. The molecule has 0 radical (unpaired) electrons. The summed E-state index contributed by atoms with van der Waals surface area (Å²) in [5.74, 6) is 1.28. The molecule has 1 aromatic carbocycles. The highest BCUT2D eigenvalue weighted by Crippen LogP contribution is 2.39. The fourth-order valence-electron chi connectivity index (χ4n) is 5.26. The highest BCUT2D eigenvalue weighted by atomic mass is 16.5. The third-order valence-electron chi connectivity index (χ3n) is 7.67. The molecular formula is C31H33N5O4. The maximum Gasteiger partial charge on any atom is 0.274 e. The Morgan fingerprint density at radius 1 is 1.00 bits per heavy atom. The number of pyridine rings is 2. The number of rotatable bonds is 6. The topological polar surface area (TPSA) is 96.1 Å². The Bertz CT molecular complexity index is 1860. The number of aryl methyl sites for hydroxylation is 4. The summed E-state index contributed by atoms with van der Waals surface area (Å²) >= 11 is 0. The van der Waals surface area contributed by atoms with Crippen LogP contribution in [-0.4, -0.2) is 37.1 Å². The zero-order chi connectivity index (χ0) is 28.3. The molecule has 1 aliphatic rings. The Morgan fingerprint density at radius 3 is 2.35 bits per heavy atom. The summed E-state index contributed by atoms with van der Waals surface area (Å²) in [4.78, 5) is 30.0. The van der Waals surface area contributed by atoms with Gasteiger partial charge in [0.25, 0.3) is 11.1 Å². The van der Waals surface area contributed by atoms with Gasteiger partial charge < -0.3 is 23.6 Å². The second-order valence-corrected chi connectivity index (χ2v) is 10.9. The van der Waals surface area contributed by atoms with E-state index < -0.39 is 0 Å². The van der Waals surface area contributed by atoms with Crippen molar-refractivity contribution in [2.45, 2.75) is 46.7 Å². The van der Waals surface area contributed by atoms with Crippen molar-refractivity contribution in [3.63, 3.8) is 0 Å². The first-order chi connectivity index (χ1) is 19.1. The first-order valence-electron chi connectivity index (χ1n) is 13.5. The summed E-state index contributed by atoms with van der Waals surface area (Å²) in [7, 11) is 1.72. The molecule has 1 saturated heterocycles. The molecule has 1 fully saturated rings. The Morgan fingerprint density at radius 2 is 1.73 bits per heavy atom. The molecule has 0 atom stereocenters. The maximum absolute atomic E-state index is 13.4. The quantitative estimate of drug-likeness (QED) is 0.311. The summed E-state index contributed by atoms with van der Waals surface area (Å²) < 4.78 is 17.1. The van der Waals surface area contributed by atoms with Crippen LogP contribution >= 0.6 is 0 Å². The van der Waals surface area contributed by atoms with Crippen molar-refractivity contribution in [2.24, 2.45) is 7.05 Å². The molecule has 5 heterocycles. The minimum atomic E-state index is -0.156. The van der Waals surface area contributed by atoms with Crippen LogP contribution in [0, 0.1) is 20.8 Å². The van der Waals surface area contributed by atoms with Crippen LogP contribution in [0.4, 0.5) is 0 Å². The molecule has 1 aliphatic heterocycles. The van der Waals surface area contributed by atoms with E-state index in [4.69, 9.17) is 9.47 Å². The van der Waals surface area contributed by atoms with Crippen LogP contribution in [0.25, 0.3) is 33.3 Å². The van der Waals surface area contributed by atoms with E-state index in [-0.39, 0.29) is 23.2 Å². The number of hydrogen-bond donors (Lipinski definition) is 1. The van der Waals surface area contributed by atoms with Gasteiger partial charge in [-0.1, -0.05) is 18.2 Å². The largest absolute Gasteiger partial charge is 0.455 e. The maximum atomic E-state index is 13.4. The molecule has 4 aromatic heterocycles. The summed E-state index contributed by atoms with van der Waals surface area (Å²) in [6.45, 7) is 11.1. The van der Waals surface area contributed by atoms with Gasteiger partial charge in [-0.05, 0) is 51.8 Å². The van der Waals surface area contributed by atoms with Crippen LogP contribution in [0.2, 0.25) is 0 Å². The van der Waals surface area contributed by atoms with Crippen LogP contribution in [-0.2, 0) is 11.8 Å². The molecule has 5 aromatic rings. The van der Waals surface area contributed by atoms with Crippen molar-refractivity contribution in [3.05, 3.63) is 86.5 Å². The predicted octanol–water partition coefficient (Wildman–Crippen LogP) is 5.43. The molecule has 9 nitrogen and oxygen atoms in total. The van der Waals surface area contributed by atoms with E-state index in [9.17, 15) is 9.59 Å². The van der Waals surface area contributed by atoms with E-state index >= 15 is 0 Å². The van der Waals surface area contributed by atoms with E-state index in [2.05, 4.69) is 23.9 Å². The number of ether oxygens (including phenoxy) is 2. The SMILES string of the molecule is Cc1cccc(C)c1Oc1cn(C2COC2)c(=O)cc1-c1cn(C)c(=O)c2[nH]c(-c3cn(C(C)C)nc3C)cc12. The lowest BCUT2D eigenvalue weighted by molar-refractivity contribution is -0.0249. The Labute approximate surface area is 231 Å². The van der Waals surface area contributed by atoms with Gasteiger partial charge >= 0.3 is 0 Å². The molecule has 6 rings (SSSR count). The van der Waals surface area contributed by atoms with Gasteiger partial charge in [0, 0.05) is 53.6 Å². The Balaban J connectivity index is 1.59. The molecule has 0 unspecified atom stereocenters. The van der Waals surface area contributed by atoms with Crippen molar-refractivity contribution in [1.82, 2.24) is 23.9 Å². The van der Waals surface area contributed by atoms with Gasteiger partial charge in [-0.15, -0.1) is 0 Å². The van der Waals surface area contributed by atoms with E-state index in [0.717, 1.165) is 39.4 Å². The van der Waals surface area contributed by atoms with Crippen molar-refractivity contribution >= 4 is 10.9 Å². The number of hydrogen-bond acceptors (Lipinski definition) is 5. The summed E-state index contributed by atoms with van der Waals surface area (Å²) in [5.41, 5.74) is 6.05. The molecule has 40 heavy (non-hydrogen) atoms. The average Bonchev–Trinajstić information content (AvgIpc) is 3.49. The van der Waals surface area contributed by atoms with Crippen LogP contribution in [0.5, 0.6) is 11.5 Å². The third-order valence-corrected chi connectivity index (χ3v) is 7.67. The van der Waals surface area contributed by atoms with Gasteiger partial charge in [-0.3, -0.25) is 14.3 Å². The van der Waals surface area contributed by atoms with Crippen molar-refractivity contribution in [2.75, 3.05) is 13.2 Å². The number of nitrogens with zero attached hydrogens (tertiary/aromatic N) is 4. The van der Waals surface area contributed by atoms with E-state index in [1.54, 1.807) is 30.1 Å². The molecule has 0 spiro atoms. The third kappa shape index (κ3) is 4.26. The normalized spacial score (nSPS) is 13.8. The van der Waals surface area contributed by atoms with Crippen LogP contribution in [0.15, 0.2) is 58.5 Å². The van der Waals surface area contributed by atoms with Gasteiger partial charge in [0.15, 0.2) is 5.75 Å². The van der Waals surface area contributed by atoms with E-state index in [1.165, 1.54) is 4.57 Å². The van der Waals surface area contributed by atoms with Gasteiger partial charge in [-0.25, -0.2) is 0 Å². The Kier molecular flexibility index (Phi) is 6.26. The van der Waals surface area contributed by atoms with Crippen LogP contribution < -0.4 is 15.9 Å². The standard InChI is InChI=1S/C31H33N5O4/c1-17(2)36-13-24(20(5)33-36)26-10-23-25(12-34(6)31(38)29(23)32-26)22-11-28(37)35(21-15-39-16-21)14-27(22)40-30-18(3)8-7-9-19(30)4/h7-14,17,21,32H,15-16H2,1-6H3. The monoisotopic (exact) mass is 539 g/mol. The van der Waals surface area contributed by atoms with Crippen molar-refractivity contribution < 1.29 is 9.47 Å². The van der Waals surface area contributed by atoms with Crippen LogP contribution in [0.3, 0.4) is 0 Å². The molecule has 0 bridgehead atoms. The molecule has 1 N–H and O–H groups in total. The predicted molar refractivity (Wildman–Crippen MR) is 155 cm³/mol. The van der Waals surface area contributed by atoms with Gasteiger partial charge in [-0.2, -0.15) is 5.10 Å². The summed E-state index contributed by atoms with van der Waals surface area (Å²) in [6, 6.07) is 9.73. The second-order valence-electron chi connectivity index (χ2n) is 10.9. The van der Waals surface area contributed by atoms with Crippen molar-refractivity contribution in [3.8, 4) is 33.9 Å². The highest BCUT2D eigenvalue weighted by Gasteiger charge is 2.25. The summed E-state index contributed by atoms with van der Waals surface area (Å²) in [6.07, 6.45) is 5.54. The zero-order valence-corrected chi connectivity index (χ0v) is 23.6. The van der Waals surface area contributed by atoms with Gasteiger partial charge in [0.05, 0.1) is 36.8 Å². The van der Waals surface area contributed by atoms with Crippen LogP contribution in [0.1, 0.15) is 42.8 Å². The highest BCUT2D eigenvalue weighted by molar-refractivity contribution is 5.98. The number of aromatic amines is 1. The smallest absolute Gasteiger partial charge is 0.274 e. The number of para-hydroxylation sites is 1. The lowest BCUT2D eigenvalue weighted by Crippen LogP contribution is -2.37. The number of nitrogens with one attached hydrogen (secondary N) is 1. The number of fused-ring (bicyclic) bond motifs is 1. The molecule has 0 aliphatic carbocycles. The molecule has 206 valence electrons. The summed E-state index contributed by atoms with van der Waals surface area (Å²) in [5, 5.41) is 5.36.